The predicted octanol–water partition coefficient (Wildman–Crippen LogP) is 1.46. The monoisotopic (exact) mass is 400 g/mol. The van der Waals surface area contributed by atoms with E-state index in [9.17, 15) is 18.0 Å². The van der Waals surface area contributed by atoms with Crippen molar-refractivity contribution in [2.45, 2.75) is 11.3 Å². The molecule has 3 rings (SSSR count). The smallest absolute Gasteiger partial charge is 0.263 e. The van der Waals surface area contributed by atoms with E-state index in [1.165, 1.54) is 11.0 Å². The second-order valence-electron chi connectivity index (χ2n) is 6.41. The molecule has 0 fully saturated rings. The maximum atomic E-state index is 12.2. The number of hydrogen-bond donors (Lipinski definition) is 2. The van der Waals surface area contributed by atoms with Crippen molar-refractivity contribution >= 4 is 33.4 Å². The topological polar surface area (TPSA) is 108 Å². The number of hydrogen-bond acceptors (Lipinski definition) is 5. The molecule has 8 nitrogen and oxygen atoms in total. The van der Waals surface area contributed by atoms with Gasteiger partial charge >= 0.3 is 0 Å². The van der Waals surface area contributed by atoms with Crippen LogP contribution in [0.25, 0.3) is 0 Å². The average Bonchev–Trinajstić information content (AvgIpc) is 2.92. The van der Waals surface area contributed by atoms with Crippen LogP contribution in [0.15, 0.2) is 58.4 Å². The number of carbonyl (C=O) groups is 2. The quantitative estimate of drug-likeness (QED) is 0.792. The molecule has 9 heteroatoms. The molecule has 0 radical (unpaired) electrons. The van der Waals surface area contributed by atoms with E-state index in [-0.39, 0.29) is 35.5 Å². The highest BCUT2D eigenvalue weighted by atomic mass is 32.2. The SMILES string of the molecule is CN(C)C(=O)c1cccc(NC(=O)CCN=C2NS(=O)(=O)c3ccccc32)c1. The number of amides is 2. The Morgan fingerprint density at radius 2 is 1.86 bits per heavy atom. The number of rotatable bonds is 5. The second-order valence-corrected chi connectivity index (χ2v) is 8.06. The zero-order chi connectivity index (χ0) is 20.3. The van der Waals surface area contributed by atoms with Crippen molar-refractivity contribution in [1.82, 2.24) is 9.62 Å². The van der Waals surface area contributed by atoms with Crippen LogP contribution in [-0.4, -0.2) is 51.6 Å². The van der Waals surface area contributed by atoms with Crippen molar-refractivity contribution in [3.63, 3.8) is 0 Å². The molecule has 0 unspecified atom stereocenters. The Hall–Kier alpha value is -3.20. The molecule has 28 heavy (non-hydrogen) atoms. The minimum Gasteiger partial charge on any atom is -0.345 e. The van der Waals surface area contributed by atoms with Gasteiger partial charge in [-0.1, -0.05) is 18.2 Å². The van der Waals surface area contributed by atoms with Gasteiger partial charge in [0.25, 0.3) is 15.9 Å². The van der Waals surface area contributed by atoms with Gasteiger partial charge in [-0.25, -0.2) is 8.42 Å². The fraction of sp³-hybridized carbons (Fsp3) is 0.211. The third kappa shape index (κ3) is 4.20. The van der Waals surface area contributed by atoms with E-state index in [1.807, 2.05) is 0 Å². The summed E-state index contributed by atoms with van der Waals surface area (Å²) in [6.07, 6.45) is 0.0687. The predicted molar refractivity (Wildman–Crippen MR) is 106 cm³/mol. The summed E-state index contributed by atoms with van der Waals surface area (Å²) in [7, 11) is -0.281. The zero-order valence-corrected chi connectivity index (χ0v) is 16.3. The van der Waals surface area contributed by atoms with E-state index < -0.39 is 10.0 Å². The third-order valence-corrected chi connectivity index (χ3v) is 5.47. The lowest BCUT2D eigenvalue weighted by Gasteiger charge is -2.11. The molecule has 0 saturated heterocycles. The summed E-state index contributed by atoms with van der Waals surface area (Å²) in [5.74, 6) is -0.204. The fourth-order valence-electron chi connectivity index (χ4n) is 2.73. The Labute approximate surface area is 163 Å². The first kappa shape index (κ1) is 19.6. The van der Waals surface area contributed by atoms with Crippen LogP contribution in [0.1, 0.15) is 22.3 Å². The fourth-order valence-corrected chi connectivity index (χ4v) is 3.98. The summed E-state index contributed by atoms with van der Waals surface area (Å²) in [5, 5.41) is 2.72. The van der Waals surface area contributed by atoms with Gasteiger partial charge < -0.3 is 10.2 Å². The van der Waals surface area contributed by atoms with Crippen LogP contribution >= 0.6 is 0 Å². The van der Waals surface area contributed by atoms with E-state index in [0.717, 1.165) is 0 Å². The lowest BCUT2D eigenvalue weighted by atomic mass is 10.2. The number of anilines is 1. The number of fused-ring (bicyclic) bond motifs is 1. The number of nitrogens with one attached hydrogen (secondary N) is 2. The molecule has 2 amide bonds. The van der Waals surface area contributed by atoms with Crippen LogP contribution in [0.5, 0.6) is 0 Å². The molecule has 1 aliphatic heterocycles. The van der Waals surface area contributed by atoms with Gasteiger partial charge in [0.15, 0.2) is 0 Å². The van der Waals surface area contributed by atoms with E-state index >= 15 is 0 Å². The van der Waals surface area contributed by atoms with Crippen LogP contribution in [-0.2, 0) is 14.8 Å². The average molecular weight is 400 g/mol. The van der Waals surface area contributed by atoms with Crippen molar-refractivity contribution < 1.29 is 18.0 Å². The summed E-state index contributed by atoms with van der Waals surface area (Å²) < 4.78 is 26.5. The van der Waals surface area contributed by atoms with Crippen molar-refractivity contribution in [2.75, 3.05) is 26.0 Å². The van der Waals surface area contributed by atoms with Crippen LogP contribution in [0.2, 0.25) is 0 Å². The number of nitrogens with zero attached hydrogens (tertiary/aromatic N) is 2. The Kier molecular flexibility index (Phi) is 5.46. The molecule has 2 N–H and O–H groups in total. The number of carbonyl (C=O) groups excluding carboxylic acids is 2. The molecule has 0 atom stereocenters. The largest absolute Gasteiger partial charge is 0.345 e. The lowest BCUT2D eigenvalue weighted by Crippen LogP contribution is -2.23. The van der Waals surface area contributed by atoms with E-state index in [2.05, 4.69) is 15.0 Å². The third-order valence-electron chi connectivity index (χ3n) is 4.07. The van der Waals surface area contributed by atoms with Gasteiger partial charge in [-0.2, -0.15) is 0 Å². The summed E-state index contributed by atoms with van der Waals surface area (Å²) in [4.78, 5) is 30.0. The van der Waals surface area contributed by atoms with E-state index in [0.29, 0.717) is 16.8 Å². The first-order chi connectivity index (χ1) is 13.3. The normalized spacial score (nSPS) is 15.6. The first-order valence-electron chi connectivity index (χ1n) is 8.56. The summed E-state index contributed by atoms with van der Waals surface area (Å²) in [6, 6.07) is 13.2. The summed E-state index contributed by atoms with van der Waals surface area (Å²) in [6.45, 7) is 0.119. The first-order valence-corrected chi connectivity index (χ1v) is 10.0. The van der Waals surface area contributed by atoms with Crippen molar-refractivity contribution in [2.24, 2.45) is 4.99 Å². The highest BCUT2D eigenvalue weighted by Crippen LogP contribution is 2.22. The van der Waals surface area contributed by atoms with Crippen LogP contribution in [0.4, 0.5) is 5.69 Å². The highest BCUT2D eigenvalue weighted by molar-refractivity contribution is 7.90. The maximum Gasteiger partial charge on any atom is 0.263 e. The molecule has 1 heterocycles. The van der Waals surface area contributed by atoms with Crippen molar-refractivity contribution in [3.8, 4) is 0 Å². The number of benzene rings is 2. The van der Waals surface area contributed by atoms with Gasteiger partial charge in [0, 0.05) is 37.3 Å². The van der Waals surface area contributed by atoms with Crippen LogP contribution in [0, 0.1) is 0 Å². The molecule has 0 spiro atoms. The van der Waals surface area contributed by atoms with Crippen molar-refractivity contribution in [3.05, 3.63) is 59.7 Å². The molecule has 146 valence electrons. The molecule has 2 aromatic rings. The summed E-state index contributed by atoms with van der Waals surface area (Å²) in [5.41, 5.74) is 1.48. The Balaban J connectivity index is 1.62. The Morgan fingerprint density at radius 1 is 1.11 bits per heavy atom. The number of amidine groups is 1. The molecule has 1 aliphatic rings. The van der Waals surface area contributed by atoms with Gasteiger partial charge in [0.2, 0.25) is 5.91 Å². The molecule has 2 aromatic carbocycles. The Morgan fingerprint density at radius 3 is 2.61 bits per heavy atom. The van der Waals surface area contributed by atoms with Gasteiger partial charge in [0.05, 0.1) is 11.4 Å². The Bertz CT molecular complexity index is 1060. The number of aliphatic imine (C=N–C) groups is 1. The zero-order valence-electron chi connectivity index (χ0n) is 15.5. The minimum atomic E-state index is -3.59. The molecule has 0 aliphatic carbocycles. The molecule has 0 aromatic heterocycles. The highest BCUT2D eigenvalue weighted by Gasteiger charge is 2.29. The molecule has 0 bridgehead atoms. The van der Waals surface area contributed by atoms with Gasteiger partial charge in [-0.15, -0.1) is 0 Å². The maximum absolute atomic E-state index is 12.2. The number of sulfonamides is 1. The second kappa shape index (κ2) is 7.81. The van der Waals surface area contributed by atoms with Crippen LogP contribution < -0.4 is 10.0 Å². The van der Waals surface area contributed by atoms with Gasteiger partial charge in [-0.3, -0.25) is 19.3 Å². The molecular weight excluding hydrogens is 380 g/mol. The lowest BCUT2D eigenvalue weighted by molar-refractivity contribution is -0.116. The molecular formula is C19H20N4O4S. The summed E-state index contributed by atoms with van der Waals surface area (Å²) >= 11 is 0. The van der Waals surface area contributed by atoms with E-state index in [1.54, 1.807) is 56.6 Å². The minimum absolute atomic E-state index is 0.0687. The molecule has 0 saturated carbocycles. The van der Waals surface area contributed by atoms with E-state index in [4.69, 9.17) is 0 Å². The standard InChI is InChI=1S/C19H20N4O4S/c1-23(2)19(25)13-6-5-7-14(12-13)21-17(24)10-11-20-18-15-8-3-4-9-16(15)28(26,27)22-18/h3-9,12H,10-11H2,1-2H3,(H,20,22)(H,21,24). The van der Waals surface area contributed by atoms with Crippen molar-refractivity contribution in [1.29, 1.82) is 0 Å². The van der Waals surface area contributed by atoms with Gasteiger partial charge in [-0.05, 0) is 30.3 Å². The van der Waals surface area contributed by atoms with Gasteiger partial charge in [0.1, 0.15) is 5.84 Å². The van der Waals surface area contributed by atoms with Crippen LogP contribution in [0.3, 0.4) is 0 Å².